The number of rotatable bonds is 26. The molecule has 0 aliphatic heterocycles. The highest BCUT2D eigenvalue weighted by molar-refractivity contribution is 7.52. The van der Waals surface area contributed by atoms with Crippen LogP contribution in [0.1, 0.15) is 116 Å². The highest BCUT2D eigenvalue weighted by atomic mass is 31.2. The molecule has 0 aromatic carbocycles. The van der Waals surface area contributed by atoms with E-state index >= 15 is 0 Å². The second-order valence-electron chi connectivity index (χ2n) is 11.3. The van der Waals surface area contributed by atoms with E-state index in [4.69, 9.17) is 13.8 Å². The van der Waals surface area contributed by atoms with E-state index in [1.54, 1.807) is 0 Å². The van der Waals surface area contributed by atoms with Gasteiger partial charge in [-0.05, 0) is 6.42 Å². The number of unbranched alkanes of at least 4 members (excludes halogenated alkanes) is 15. The number of nitrogens with zero attached hydrogens (tertiary/aromatic N) is 1. The minimum Gasteiger partial charge on any atom is -0.463 e. The summed E-state index contributed by atoms with van der Waals surface area (Å²) < 4.78 is 28.6. The van der Waals surface area contributed by atoms with Crippen molar-refractivity contribution in [1.82, 2.24) is 0 Å². The summed E-state index contributed by atoms with van der Waals surface area (Å²) in [4.78, 5) is 11.9. The fourth-order valence-electron chi connectivity index (χ4n) is 3.87. The zero-order valence-electron chi connectivity index (χ0n) is 24.3. The van der Waals surface area contributed by atoms with Gasteiger partial charge in [0, 0.05) is 13.1 Å². The third-order valence-electron chi connectivity index (χ3n) is 6.26. The maximum atomic E-state index is 12.2. The van der Waals surface area contributed by atoms with E-state index in [1.807, 2.05) is 21.1 Å². The number of carbonyl (C=O) groups excluding carboxylic acids is 1. The van der Waals surface area contributed by atoms with Gasteiger partial charge in [0.1, 0.15) is 25.9 Å². The molecule has 0 bridgehead atoms. The molecule has 2 atom stereocenters. The van der Waals surface area contributed by atoms with E-state index in [9.17, 15) is 14.5 Å². The molecule has 0 fully saturated rings. The molecule has 0 aliphatic rings. The third kappa shape index (κ3) is 26.6. The normalized spacial score (nSPS) is 14.5. The number of quaternary nitrogens is 1. The molecule has 0 saturated carbocycles. The molecule has 1 N–H and O–H groups in total. The molecular formula is C28H59NO6P+. The molecule has 0 radical (unpaired) electrons. The van der Waals surface area contributed by atoms with Crippen LogP contribution in [0.25, 0.3) is 0 Å². The van der Waals surface area contributed by atoms with Crippen LogP contribution in [0.4, 0.5) is 0 Å². The minimum atomic E-state index is -3.24. The standard InChI is InChI=1S/C28H59NO6P/c1-6-7-8-9-10-11-12-13-14-15-16-17-18-19-20-21-22-28(31)33-25-27(30)26-35-36(5,32)34-24-23-29(2,3)4/h27,30H,6-26H2,1-5H3/q+1. The van der Waals surface area contributed by atoms with Crippen molar-refractivity contribution in [1.29, 1.82) is 0 Å². The van der Waals surface area contributed by atoms with Crippen molar-refractivity contribution in [2.75, 3.05) is 54.2 Å². The molecular weight excluding hydrogens is 477 g/mol. The lowest BCUT2D eigenvalue weighted by atomic mass is 10.0. The first-order chi connectivity index (χ1) is 17.1. The Labute approximate surface area is 222 Å². The maximum Gasteiger partial charge on any atom is 0.327 e. The van der Waals surface area contributed by atoms with Gasteiger partial charge in [0.15, 0.2) is 0 Å². The summed E-state index contributed by atoms with van der Waals surface area (Å²) in [6.45, 7) is 4.31. The number of ether oxygens (including phenoxy) is 1. The van der Waals surface area contributed by atoms with Crippen LogP contribution in [0.15, 0.2) is 0 Å². The van der Waals surface area contributed by atoms with Gasteiger partial charge in [-0.2, -0.15) is 0 Å². The maximum absolute atomic E-state index is 12.2. The summed E-state index contributed by atoms with van der Waals surface area (Å²) in [5.74, 6) is -0.307. The number of hydrogen-bond acceptors (Lipinski definition) is 6. The lowest BCUT2D eigenvalue weighted by molar-refractivity contribution is -0.870. The summed E-state index contributed by atoms with van der Waals surface area (Å²) in [7, 11) is 2.81. The number of esters is 1. The van der Waals surface area contributed by atoms with E-state index < -0.39 is 13.7 Å². The summed E-state index contributed by atoms with van der Waals surface area (Å²) in [5, 5.41) is 9.95. The molecule has 216 valence electrons. The highest BCUT2D eigenvalue weighted by Crippen LogP contribution is 2.43. The van der Waals surface area contributed by atoms with Crippen LogP contribution >= 0.6 is 7.60 Å². The van der Waals surface area contributed by atoms with E-state index in [0.717, 1.165) is 19.3 Å². The zero-order valence-corrected chi connectivity index (χ0v) is 25.2. The molecule has 0 aliphatic carbocycles. The average Bonchev–Trinajstić information content (AvgIpc) is 2.80. The van der Waals surface area contributed by atoms with Crippen LogP contribution in [-0.4, -0.2) is 75.8 Å². The summed E-state index contributed by atoms with van der Waals surface area (Å²) >= 11 is 0. The number of carbonyl (C=O) groups is 1. The zero-order chi connectivity index (χ0) is 27.1. The van der Waals surface area contributed by atoms with E-state index in [1.165, 1.54) is 90.1 Å². The first-order valence-corrected chi connectivity index (χ1v) is 16.6. The van der Waals surface area contributed by atoms with Crippen molar-refractivity contribution in [3.63, 3.8) is 0 Å². The Morgan fingerprint density at radius 1 is 0.750 bits per heavy atom. The molecule has 0 saturated heterocycles. The lowest BCUT2D eigenvalue weighted by Crippen LogP contribution is -2.37. The topological polar surface area (TPSA) is 82.1 Å². The van der Waals surface area contributed by atoms with Crippen LogP contribution in [0.5, 0.6) is 0 Å². The van der Waals surface area contributed by atoms with Crippen LogP contribution < -0.4 is 0 Å². The Morgan fingerprint density at radius 2 is 1.19 bits per heavy atom. The Bertz CT molecular complexity index is 567. The van der Waals surface area contributed by atoms with Gasteiger partial charge in [0.25, 0.3) is 0 Å². The summed E-state index contributed by atoms with van der Waals surface area (Å²) in [5.41, 5.74) is 0. The fraction of sp³-hybridized carbons (Fsp3) is 0.964. The molecule has 2 unspecified atom stereocenters. The van der Waals surface area contributed by atoms with Gasteiger partial charge in [-0.1, -0.05) is 103 Å². The Balaban J connectivity index is 3.50. The van der Waals surface area contributed by atoms with Crippen LogP contribution in [-0.2, 0) is 23.1 Å². The van der Waals surface area contributed by atoms with Gasteiger partial charge < -0.3 is 23.4 Å². The first kappa shape index (κ1) is 35.5. The Kier molecular flexibility index (Phi) is 22.2. The number of aliphatic hydroxyl groups excluding tert-OH is 1. The average molecular weight is 537 g/mol. The van der Waals surface area contributed by atoms with Crippen molar-refractivity contribution in [2.24, 2.45) is 0 Å². The van der Waals surface area contributed by atoms with Gasteiger partial charge in [-0.3, -0.25) is 9.36 Å². The molecule has 0 rings (SSSR count). The lowest BCUT2D eigenvalue weighted by Gasteiger charge is -2.24. The van der Waals surface area contributed by atoms with Gasteiger partial charge >= 0.3 is 13.6 Å². The van der Waals surface area contributed by atoms with Crippen LogP contribution in [0.3, 0.4) is 0 Å². The fourth-order valence-corrected chi connectivity index (χ4v) is 4.80. The molecule has 0 aromatic rings. The van der Waals surface area contributed by atoms with Gasteiger partial charge in [-0.15, -0.1) is 0 Å². The quantitative estimate of drug-likeness (QED) is 0.0549. The Hall–Kier alpha value is -0.460. The van der Waals surface area contributed by atoms with Crippen molar-refractivity contribution >= 4 is 13.6 Å². The van der Waals surface area contributed by atoms with Gasteiger partial charge in [0.2, 0.25) is 0 Å². The van der Waals surface area contributed by atoms with Crippen LogP contribution in [0.2, 0.25) is 0 Å². The highest BCUT2D eigenvalue weighted by Gasteiger charge is 2.21. The predicted molar refractivity (Wildman–Crippen MR) is 149 cm³/mol. The van der Waals surface area contributed by atoms with Crippen LogP contribution in [0, 0.1) is 0 Å². The molecule has 36 heavy (non-hydrogen) atoms. The molecule has 0 spiro atoms. The predicted octanol–water partition coefficient (Wildman–Crippen LogP) is 7.10. The third-order valence-corrected chi connectivity index (χ3v) is 7.53. The van der Waals surface area contributed by atoms with Gasteiger partial charge in [0.05, 0.1) is 27.7 Å². The molecule has 0 amide bonds. The van der Waals surface area contributed by atoms with E-state index in [-0.39, 0.29) is 19.2 Å². The second kappa shape index (κ2) is 22.5. The largest absolute Gasteiger partial charge is 0.463 e. The molecule has 8 heteroatoms. The summed E-state index contributed by atoms with van der Waals surface area (Å²) in [6.07, 6.45) is 20.1. The number of likely N-dealkylation sites (N-methyl/N-ethyl adjacent to an activating group) is 1. The van der Waals surface area contributed by atoms with Crippen molar-refractivity contribution < 1.29 is 32.7 Å². The summed E-state index contributed by atoms with van der Waals surface area (Å²) in [6, 6.07) is 0. The minimum absolute atomic E-state index is 0.156. The second-order valence-corrected chi connectivity index (χ2v) is 13.4. The monoisotopic (exact) mass is 536 g/mol. The van der Waals surface area contributed by atoms with Crippen molar-refractivity contribution in [2.45, 2.75) is 122 Å². The smallest absolute Gasteiger partial charge is 0.327 e. The molecule has 0 aromatic heterocycles. The van der Waals surface area contributed by atoms with Crippen molar-refractivity contribution in [3.8, 4) is 0 Å². The SMILES string of the molecule is CCCCCCCCCCCCCCCCCCC(=O)OCC(O)COP(C)(=O)OCC[N+](C)(C)C. The molecule has 0 heterocycles. The molecule has 7 nitrogen and oxygen atoms in total. The van der Waals surface area contributed by atoms with E-state index in [0.29, 0.717) is 24.1 Å². The first-order valence-electron chi connectivity index (χ1n) is 14.6. The van der Waals surface area contributed by atoms with Crippen molar-refractivity contribution in [3.05, 3.63) is 0 Å². The number of aliphatic hydroxyl groups is 1. The number of hydrogen-bond donors (Lipinski definition) is 1. The van der Waals surface area contributed by atoms with E-state index in [2.05, 4.69) is 6.92 Å². The van der Waals surface area contributed by atoms with Gasteiger partial charge in [-0.25, -0.2) is 0 Å². The Morgan fingerprint density at radius 3 is 1.64 bits per heavy atom.